The topological polar surface area (TPSA) is 114 Å². The molecule has 2 atom stereocenters. The molecule has 0 aliphatic carbocycles. The van der Waals surface area contributed by atoms with Crippen LogP contribution in [0.15, 0.2) is 24.3 Å². The van der Waals surface area contributed by atoms with Crippen LogP contribution in [0.2, 0.25) is 0 Å². The van der Waals surface area contributed by atoms with Gasteiger partial charge in [0.1, 0.15) is 11.7 Å². The highest BCUT2D eigenvalue weighted by atomic mass is 16.6. The molecule has 2 fully saturated rings. The van der Waals surface area contributed by atoms with Gasteiger partial charge in [0.25, 0.3) is 5.69 Å². The van der Waals surface area contributed by atoms with Crippen LogP contribution >= 0.6 is 0 Å². The third-order valence-electron chi connectivity index (χ3n) is 4.69. The van der Waals surface area contributed by atoms with E-state index in [1.807, 2.05) is 0 Å². The number of likely N-dealkylation sites (tertiary alicyclic amines) is 1. The van der Waals surface area contributed by atoms with Crippen molar-refractivity contribution < 1.29 is 19.2 Å². The Balaban J connectivity index is 1.61. The summed E-state index contributed by atoms with van der Waals surface area (Å²) < 4.78 is 5.48. The van der Waals surface area contributed by atoms with Crippen LogP contribution in [0.25, 0.3) is 0 Å². The highest BCUT2D eigenvalue weighted by Crippen LogP contribution is 2.25. The molecular weight excluding hydrogens is 340 g/mol. The minimum atomic E-state index is -0.570. The Morgan fingerprint density at radius 1 is 1.27 bits per heavy atom. The molecule has 0 spiro atoms. The van der Waals surface area contributed by atoms with Gasteiger partial charge in [0.2, 0.25) is 5.91 Å². The van der Waals surface area contributed by atoms with Crippen LogP contribution in [-0.4, -0.2) is 53.6 Å². The first kappa shape index (κ1) is 18.1. The number of carbonyl (C=O) groups excluding carboxylic acids is 2. The number of nitro benzene ring substituents is 1. The number of hydrogen-bond donors (Lipinski definition) is 2. The van der Waals surface area contributed by atoms with Gasteiger partial charge in [-0.25, -0.2) is 4.79 Å². The number of nitro groups is 1. The summed E-state index contributed by atoms with van der Waals surface area (Å²) in [5, 5.41) is 16.5. The summed E-state index contributed by atoms with van der Waals surface area (Å²) in [5.74, 6) is -0.212. The summed E-state index contributed by atoms with van der Waals surface area (Å²) in [6.45, 7) is 1.59. The van der Waals surface area contributed by atoms with E-state index in [2.05, 4.69) is 10.6 Å². The molecule has 2 aliphatic heterocycles. The Morgan fingerprint density at radius 2 is 2.08 bits per heavy atom. The summed E-state index contributed by atoms with van der Waals surface area (Å²) in [6, 6.07) is 4.86. The largest absolute Gasteiger partial charge is 0.376 e. The van der Waals surface area contributed by atoms with Crippen LogP contribution in [0.5, 0.6) is 0 Å². The maximum absolute atomic E-state index is 12.6. The molecule has 1 aromatic rings. The van der Waals surface area contributed by atoms with Crippen molar-refractivity contribution in [2.24, 2.45) is 0 Å². The van der Waals surface area contributed by atoms with E-state index in [9.17, 15) is 19.7 Å². The number of para-hydroxylation sites is 2. The van der Waals surface area contributed by atoms with Gasteiger partial charge in [-0.15, -0.1) is 0 Å². The Labute approximate surface area is 150 Å². The number of rotatable bonds is 5. The summed E-state index contributed by atoms with van der Waals surface area (Å²) in [7, 11) is 0. The molecule has 3 amide bonds. The second kappa shape index (κ2) is 8.13. The van der Waals surface area contributed by atoms with Crippen LogP contribution in [0, 0.1) is 10.1 Å². The second-order valence-electron chi connectivity index (χ2n) is 6.44. The number of urea groups is 1. The average molecular weight is 362 g/mol. The van der Waals surface area contributed by atoms with Gasteiger partial charge in [-0.05, 0) is 31.7 Å². The summed E-state index contributed by atoms with van der Waals surface area (Å²) >= 11 is 0. The molecule has 9 nitrogen and oxygen atoms in total. The fourth-order valence-corrected chi connectivity index (χ4v) is 3.35. The number of carbonyl (C=O) groups is 2. The Bertz CT molecular complexity index is 689. The van der Waals surface area contributed by atoms with E-state index < -0.39 is 17.0 Å². The zero-order valence-electron chi connectivity index (χ0n) is 14.3. The standard InChI is InChI=1S/C17H22N4O5/c22-16(18-11-12-5-4-10-26-12)15-8-3-9-20(15)17(23)19-13-6-1-2-7-14(13)21(24)25/h1-2,6-7,12,15H,3-5,8-11H2,(H,18,22)(H,19,23)/t12-,15+/m1/s1. The lowest BCUT2D eigenvalue weighted by molar-refractivity contribution is -0.383. The van der Waals surface area contributed by atoms with E-state index in [1.165, 1.54) is 23.1 Å². The fourth-order valence-electron chi connectivity index (χ4n) is 3.35. The number of nitrogens with zero attached hydrogens (tertiary/aromatic N) is 2. The first-order chi connectivity index (χ1) is 12.6. The third-order valence-corrected chi connectivity index (χ3v) is 4.69. The van der Waals surface area contributed by atoms with Crippen LogP contribution in [0.1, 0.15) is 25.7 Å². The molecule has 0 bridgehead atoms. The van der Waals surface area contributed by atoms with Crippen LogP contribution < -0.4 is 10.6 Å². The second-order valence-corrected chi connectivity index (χ2v) is 6.44. The lowest BCUT2D eigenvalue weighted by Gasteiger charge is -2.24. The van der Waals surface area contributed by atoms with Gasteiger partial charge in [0.05, 0.1) is 11.0 Å². The Hall–Kier alpha value is -2.68. The first-order valence-corrected chi connectivity index (χ1v) is 8.76. The predicted molar refractivity (Wildman–Crippen MR) is 93.8 cm³/mol. The van der Waals surface area contributed by atoms with Crippen molar-refractivity contribution in [2.45, 2.75) is 37.8 Å². The molecule has 0 unspecified atom stereocenters. The molecule has 1 aromatic carbocycles. The highest BCUT2D eigenvalue weighted by molar-refractivity contribution is 5.95. The summed E-state index contributed by atoms with van der Waals surface area (Å²) in [5.41, 5.74) is -0.0626. The van der Waals surface area contributed by atoms with Crippen LogP contribution in [-0.2, 0) is 9.53 Å². The van der Waals surface area contributed by atoms with Crippen molar-refractivity contribution in [1.29, 1.82) is 0 Å². The van der Waals surface area contributed by atoms with E-state index in [0.29, 0.717) is 32.5 Å². The predicted octanol–water partition coefficient (Wildman–Crippen LogP) is 1.89. The number of nitrogens with one attached hydrogen (secondary N) is 2. The minimum Gasteiger partial charge on any atom is -0.376 e. The van der Waals surface area contributed by atoms with Crippen molar-refractivity contribution in [3.63, 3.8) is 0 Å². The third kappa shape index (κ3) is 4.10. The monoisotopic (exact) mass is 362 g/mol. The number of benzene rings is 1. The normalized spacial score (nSPS) is 22.2. The van der Waals surface area contributed by atoms with Gasteiger partial charge in [-0.3, -0.25) is 14.9 Å². The highest BCUT2D eigenvalue weighted by Gasteiger charge is 2.35. The van der Waals surface area contributed by atoms with E-state index in [0.717, 1.165) is 12.8 Å². The van der Waals surface area contributed by atoms with Crippen molar-refractivity contribution in [3.05, 3.63) is 34.4 Å². The van der Waals surface area contributed by atoms with E-state index in [4.69, 9.17) is 4.74 Å². The van der Waals surface area contributed by atoms with Crippen molar-refractivity contribution in [2.75, 3.05) is 25.0 Å². The van der Waals surface area contributed by atoms with Crippen molar-refractivity contribution in [1.82, 2.24) is 10.2 Å². The summed E-state index contributed by atoms with van der Waals surface area (Å²) in [4.78, 5) is 37.0. The molecule has 2 saturated heterocycles. The number of anilines is 1. The smallest absolute Gasteiger partial charge is 0.322 e. The maximum Gasteiger partial charge on any atom is 0.322 e. The Kier molecular flexibility index (Phi) is 5.67. The lowest BCUT2D eigenvalue weighted by Crippen LogP contribution is -2.48. The molecule has 0 saturated carbocycles. The van der Waals surface area contributed by atoms with Gasteiger partial charge >= 0.3 is 6.03 Å². The van der Waals surface area contributed by atoms with Crippen molar-refractivity contribution >= 4 is 23.3 Å². The maximum atomic E-state index is 12.6. The van der Waals surface area contributed by atoms with E-state index in [-0.39, 0.29) is 23.4 Å². The molecule has 9 heteroatoms. The average Bonchev–Trinajstić information content (AvgIpc) is 3.31. The number of ether oxygens (including phenoxy) is 1. The Morgan fingerprint density at radius 3 is 2.81 bits per heavy atom. The first-order valence-electron chi connectivity index (χ1n) is 8.76. The van der Waals surface area contributed by atoms with Gasteiger partial charge in [-0.2, -0.15) is 0 Å². The quantitative estimate of drug-likeness (QED) is 0.613. The zero-order chi connectivity index (χ0) is 18.5. The van der Waals surface area contributed by atoms with E-state index in [1.54, 1.807) is 6.07 Å². The zero-order valence-corrected chi connectivity index (χ0v) is 14.3. The minimum absolute atomic E-state index is 0.0367. The van der Waals surface area contributed by atoms with E-state index >= 15 is 0 Å². The molecule has 2 heterocycles. The number of hydrogen-bond acceptors (Lipinski definition) is 5. The molecule has 2 N–H and O–H groups in total. The van der Waals surface area contributed by atoms with Gasteiger partial charge < -0.3 is 20.3 Å². The molecule has 26 heavy (non-hydrogen) atoms. The fraction of sp³-hybridized carbons (Fsp3) is 0.529. The molecular formula is C17H22N4O5. The van der Waals surface area contributed by atoms with Crippen molar-refractivity contribution in [3.8, 4) is 0 Å². The van der Waals surface area contributed by atoms with Gasteiger partial charge in [0.15, 0.2) is 0 Å². The molecule has 140 valence electrons. The molecule has 0 radical (unpaired) electrons. The molecule has 3 rings (SSSR count). The van der Waals surface area contributed by atoms with Crippen LogP contribution in [0.3, 0.4) is 0 Å². The van der Waals surface area contributed by atoms with Crippen LogP contribution in [0.4, 0.5) is 16.2 Å². The lowest BCUT2D eigenvalue weighted by atomic mass is 10.2. The summed E-state index contributed by atoms with van der Waals surface area (Å²) in [6.07, 6.45) is 3.24. The molecule has 2 aliphatic rings. The SMILES string of the molecule is O=C(NC[C@H]1CCCO1)[C@@H]1CCCN1C(=O)Nc1ccccc1[N+](=O)[O-]. The number of amides is 3. The van der Waals surface area contributed by atoms with Gasteiger partial charge in [-0.1, -0.05) is 12.1 Å². The molecule has 0 aromatic heterocycles. The van der Waals surface area contributed by atoms with Gasteiger partial charge in [0, 0.05) is 25.8 Å².